The van der Waals surface area contributed by atoms with Crippen molar-refractivity contribution in [2.75, 3.05) is 0 Å². The Morgan fingerprint density at radius 1 is 1.25 bits per heavy atom. The molecule has 90 valence electrons. The van der Waals surface area contributed by atoms with Gasteiger partial charge in [0.15, 0.2) is 0 Å². The van der Waals surface area contributed by atoms with Crippen LogP contribution in [0.2, 0.25) is 0 Å². The standard InChI is InChI=1S/C15H24O/c1-12-6-5-7-13(2)14(16)9-11-15(3,4)10-8-12/h7-9,11,14,16H,5-6,10H2,1-4H3/b11-9+,12-8-,13-7-. The van der Waals surface area contributed by atoms with Crippen LogP contribution >= 0.6 is 0 Å². The quantitative estimate of drug-likeness (QED) is 0.612. The maximum Gasteiger partial charge on any atom is 0.0929 e. The fraction of sp³-hybridized carbons (Fsp3) is 0.600. The Morgan fingerprint density at radius 2 is 1.94 bits per heavy atom. The van der Waals surface area contributed by atoms with E-state index in [-0.39, 0.29) is 5.41 Å². The fourth-order valence-corrected chi connectivity index (χ4v) is 1.76. The summed E-state index contributed by atoms with van der Waals surface area (Å²) in [5.41, 5.74) is 2.64. The van der Waals surface area contributed by atoms with Crippen molar-refractivity contribution in [2.45, 2.75) is 53.1 Å². The van der Waals surface area contributed by atoms with Crippen molar-refractivity contribution in [3.8, 4) is 0 Å². The maximum absolute atomic E-state index is 9.92. The Balaban J connectivity index is 2.90. The van der Waals surface area contributed by atoms with E-state index >= 15 is 0 Å². The van der Waals surface area contributed by atoms with Gasteiger partial charge in [-0.1, -0.05) is 43.7 Å². The summed E-state index contributed by atoms with van der Waals surface area (Å²) < 4.78 is 0. The molecular weight excluding hydrogens is 196 g/mol. The number of allylic oxidation sites excluding steroid dienone is 4. The van der Waals surface area contributed by atoms with Crippen molar-refractivity contribution in [1.82, 2.24) is 0 Å². The predicted molar refractivity (Wildman–Crippen MR) is 70.3 cm³/mol. The normalized spacial score (nSPS) is 35.2. The van der Waals surface area contributed by atoms with Crippen LogP contribution in [0.1, 0.15) is 47.0 Å². The first-order valence-corrected chi connectivity index (χ1v) is 6.10. The first kappa shape index (κ1) is 13.2. The molecule has 0 aromatic rings. The lowest BCUT2D eigenvalue weighted by molar-refractivity contribution is 0.256. The SMILES string of the molecule is C/C1=C/CC(C)(C)/C=C/C(O)/C(C)=C\CC1. The minimum atomic E-state index is -0.419. The predicted octanol–water partition coefficient (Wildman–Crippen LogP) is 4.01. The summed E-state index contributed by atoms with van der Waals surface area (Å²) in [5, 5.41) is 9.92. The molecule has 1 aliphatic rings. The lowest BCUT2D eigenvalue weighted by Crippen LogP contribution is -2.09. The first-order valence-electron chi connectivity index (χ1n) is 6.10. The molecule has 0 fully saturated rings. The number of hydrogen-bond acceptors (Lipinski definition) is 1. The Kier molecular flexibility index (Phi) is 4.55. The van der Waals surface area contributed by atoms with Crippen LogP contribution in [0.4, 0.5) is 0 Å². The lowest BCUT2D eigenvalue weighted by atomic mass is 9.87. The van der Waals surface area contributed by atoms with Gasteiger partial charge in [0.1, 0.15) is 0 Å². The summed E-state index contributed by atoms with van der Waals surface area (Å²) in [6.07, 6.45) is 11.3. The van der Waals surface area contributed by atoms with Gasteiger partial charge in [0.2, 0.25) is 0 Å². The van der Waals surface area contributed by atoms with E-state index in [4.69, 9.17) is 0 Å². The van der Waals surface area contributed by atoms with E-state index in [9.17, 15) is 5.11 Å². The molecule has 0 saturated heterocycles. The third-order valence-corrected chi connectivity index (χ3v) is 3.18. The summed E-state index contributed by atoms with van der Waals surface area (Å²) in [7, 11) is 0. The lowest BCUT2D eigenvalue weighted by Gasteiger charge is -2.19. The number of hydrogen-bond donors (Lipinski definition) is 1. The highest BCUT2D eigenvalue weighted by Gasteiger charge is 2.13. The molecule has 0 heterocycles. The third kappa shape index (κ3) is 4.36. The first-order chi connectivity index (χ1) is 7.41. The van der Waals surface area contributed by atoms with Gasteiger partial charge in [0, 0.05) is 0 Å². The van der Waals surface area contributed by atoms with Crippen LogP contribution < -0.4 is 0 Å². The van der Waals surface area contributed by atoms with Gasteiger partial charge in [-0.05, 0) is 44.1 Å². The zero-order valence-electron chi connectivity index (χ0n) is 11.0. The van der Waals surface area contributed by atoms with Gasteiger partial charge in [-0.2, -0.15) is 0 Å². The van der Waals surface area contributed by atoms with Crippen LogP contribution in [0, 0.1) is 5.41 Å². The molecular formula is C15H24O. The molecule has 0 bridgehead atoms. The van der Waals surface area contributed by atoms with Crippen LogP contribution in [-0.2, 0) is 0 Å². The molecule has 1 atom stereocenters. The van der Waals surface area contributed by atoms with E-state index in [0.29, 0.717) is 0 Å². The summed E-state index contributed by atoms with van der Waals surface area (Å²) in [6, 6.07) is 0. The summed E-state index contributed by atoms with van der Waals surface area (Å²) in [4.78, 5) is 0. The maximum atomic E-state index is 9.92. The van der Waals surface area contributed by atoms with Crippen LogP contribution in [0.25, 0.3) is 0 Å². The molecule has 0 aromatic carbocycles. The average Bonchev–Trinajstić information content (AvgIpc) is 2.23. The average molecular weight is 220 g/mol. The third-order valence-electron chi connectivity index (χ3n) is 3.18. The van der Waals surface area contributed by atoms with Crippen LogP contribution in [0.3, 0.4) is 0 Å². The van der Waals surface area contributed by atoms with Crippen LogP contribution in [-0.4, -0.2) is 11.2 Å². The molecule has 1 aliphatic carbocycles. The minimum Gasteiger partial charge on any atom is -0.385 e. The smallest absolute Gasteiger partial charge is 0.0929 e. The molecule has 0 saturated carbocycles. The Hall–Kier alpha value is -0.820. The molecule has 1 nitrogen and oxygen atoms in total. The summed E-state index contributed by atoms with van der Waals surface area (Å²) >= 11 is 0. The number of rotatable bonds is 0. The molecule has 0 aliphatic heterocycles. The van der Waals surface area contributed by atoms with Gasteiger partial charge in [-0.3, -0.25) is 0 Å². The van der Waals surface area contributed by atoms with Gasteiger partial charge < -0.3 is 5.11 Å². The van der Waals surface area contributed by atoms with Crippen molar-refractivity contribution in [3.63, 3.8) is 0 Å². The Labute approximate surface area is 99.6 Å². The molecule has 0 spiro atoms. The molecule has 0 amide bonds. The Morgan fingerprint density at radius 3 is 2.62 bits per heavy atom. The van der Waals surface area contributed by atoms with Gasteiger partial charge in [-0.25, -0.2) is 0 Å². The zero-order chi connectivity index (χ0) is 12.2. The summed E-state index contributed by atoms with van der Waals surface area (Å²) in [6.45, 7) is 8.60. The zero-order valence-corrected chi connectivity index (χ0v) is 11.0. The highest BCUT2D eigenvalue weighted by Crippen LogP contribution is 2.25. The molecule has 1 rings (SSSR count). The number of aliphatic hydroxyl groups excluding tert-OH is 1. The van der Waals surface area contributed by atoms with Gasteiger partial charge in [0.05, 0.1) is 6.10 Å². The fourth-order valence-electron chi connectivity index (χ4n) is 1.76. The largest absolute Gasteiger partial charge is 0.385 e. The number of aliphatic hydroxyl groups is 1. The van der Waals surface area contributed by atoms with E-state index in [0.717, 1.165) is 24.8 Å². The van der Waals surface area contributed by atoms with E-state index in [1.54, 1.807) is 0 Å². The highest BCUT2D eigenvalue weighted by atomic mass is 16.3. The molecule has 1 unspecified atom stereocenters. The van der Waals surface area contributed by atoms with Gasteiger partial charge in [-0.15, -0.1) is 0 Å². The Bertz CT molecular complexity index is 318. The molecule has 16 heavy (non-hydrogen) atoms. The van der Waals surface area contributed by atoms with E-state index in [2.05, 4.69) is 39.0 Å². The van der Waals surface area contributed by atoms with E-state index in [1.807, 2.05) is 13.0 Å². The van der Waals surface area contributed by atoms with Crippen LogP contribution in [0.5, 0.6) is 0 Å². The second-order valence-electron chi connectivity index (χ2n) is 5.53. The van der Waals surface area contributed by atoms with Crippen molar-refractivity contribution >= 4 is 0 Å². The summed E-state index contributed by atoms with van der Waals surface area (Å²) in [5.74, 6) is 0. The molecule has 0 aromatic heterocycles. The highest BCUT2D eigenvalue weighted by molar-refractivity contribution is 5.16. The monoisotopic (exact) mass is 220 g/mol. The van der Waals surface area contributed by atoms with Crippen molar-refractivity contribution in [3.05, 3.63) is 35.5 Å². The second kappa shape index (κ2) is 5.49. The van der Waals surface area contributed by atoms with Crippen LogP contribution in [0.15, 0.2) is 35.5 Å². The van der Waals surface area contributed by atoms with Crippen molar-refractivity contribution in [2.24, 2.45) is 5.41 Å². The van der Waals surface area contributed by atoms with Gasteiger partial charge in [0.25, 0.3) is 0 Å². The topological polar surface area (TPSA) is 20.2 Å². The molecule has 1 N–H and O–H groups in total. The molecule has 0 radical (unpaired) electrons. The molecule has 1 heteroatoms. The second-order valence-corrected chi connectivity index (χ2v) is 5.53. The van der Waals surface area contributed by atoms with Gasteiger partial charge >= 0.3 is 0 Å². The minimum absolute atomic E-state index is 0.132. The van der Waals surface area contributed by atoms with E-state index in [1.165, 1.54) is 5.57 Å². The van der Waals surface area contributed by atoms with E-state index < -0.39 is 6.10 Å². The van der Waals surface area contributed by atoms with Crippen molar-refractivity contribution < 1.29 is 5.11 Å². The van der Waals surface area contributed by atoms with Crippen molar-refractivity contribution in [1.29, 1.82) is 0 Å².